The van der Waals surface area contributed by atoms with Gasteiger partial charge >= 0.3 is 6.03 Å². The fourth-order valence-electron chi connectivity index (χ4n) is 6.45. The smallest absolute Gasteiger partial charge is 0.315 e. The van der Waals surface area contributed by atoms with Gasteiger partial charge in [0.2, 0.25) is 29.5 Å². The minimum Gasteiger partial charge on any atom is -0.353 e. The molecule has 20 heteroatoms. The highest BCUT2D eigenvalue weighted by atomic mass is 32.2. The zero-order valence-electron chi connectivity index (χ0n) is 30.2. The molecule has 0 spiro atoms. The second kappa shape index (κ2) is 19.9. The largest absolute Gasteiger partial charge is 0.353 e. The second-order valence-electron chi connectivity index (χ2n) is 13.4. The van der Waals surface area contributed by atoms with Gasteiger partial charge in [-0.3, -0.25) is 38.5 Å². The van der Waals surface area contributed by atoms with Crippen molar-refractivity contribution in [1.82, 2.24) is 41.3 Å². The average molecular weight is 799 g/mol. The Morgan fingerprint density at radius 3 is 1.93 bits per heavy atom. The number of carbonyl (C=O) groups is 8. The van der Waals surface area contributed by atoms with Gasteiger partial charge in [0, 0.05) is 80.1 Å². The maximum atomic E-state index is 12.7. The summed E-state index contributed by atoms with van der Waals surface area (Å²) >= 11 is 7.14. The maximum absolute atomic E-state index is 12.7. The SMILES string of the molecule is O=C(CCCN1C(=O)C=CC1=O)NCC(=O)N1CCN(C(=O)CNC(=O)CNC(=S)Nc2ccc(NC(=O)CCCC[C@@H]3SC[C@@H]4NC(=O)N[C@@H]43)cc2)CC1. The van der Waals surface area contributed by atoms with Gasteiger partial charge in [0.15, 0.2) is 5.11 Å². The molecule has 18 nitrogen and oxygen atoms in total. The quantitative estimate of drug-likeness (QED) is 0.0447. The molecule has 1 aromatic rings. The van der Waals surface area contributed by atoms with Crippen LogP contribution in [-0.2, 0) is 33.6 Å². The minimum absolute atomic E-state index is 0.0539. The zero-order chi connectivity index (χ0) is 39.3. The first-order valence-corrected chi connectivity index (χ1v) is 19.7. The van der Waals surface area contributed by atoms with Crippen molar-refractivity contribution in [1.29, 1.82) is 0 Å². The van der Waals surface area contributed by atoms with Crippen LogP contribution in [0.15, 0.2) is 36.4 Å². The van der Waals surface area contributed by atoms with Gasteiger partial charge in [0.25, 0.3) is 11.8 Å². The van der Waals surface area contributed by atoms with E-state index in [-0.39, 0.29) is 112 Å². The van der Waals surface area contributed by atoms with Crippen LogP contribution in [0, 0.1) is 0 Å². The molecular formula is C35H46N10O8S2. The molecule has 0 aliphatic carbocycles. The molecule has 0 saturated carbocycles. The van der Waals surface area contributed by atoms with E-state index in [0.717, 1.165) is 29.9 Å². The molecule has 3 atom stereocenters. The van der Waals surface area contributed by atoms with Crippen LogP contribution in [0.3, 0.4) is 0 Å². The van der Waals surface area contributed by atoms with Crippen LogP contribution in [0.5, 0.6) is 0 Å². The van der Waals surface area contributed by atoms with Crippen LogP contribution < -0.4 is 37.2 Å². The number of unbranched alkanes of at least 4 members (excludes halogenated alkanes) is 1. The summed E-state index contributed by atoms with van der Waals surface area (Å²) in [6.45, 7) is 0.627. The Labute approximate surface area is 327 Å². The van der Waals surface area contributed by atoms with Crippen LogP contribution in [0.1, 0.15) is 38.5 Å². The van der Waals surface area contributed by atoms with Crippen LogP contribution >= 0.6 is 24.0 Å². The summed E-state index contributed by atoms with van der Waals surface area (Å²) in [5.41, 5.74) is 1.29. The van der Waals surface area contributed by atoms with Crippen molar-refractivity contribution in [2.45, 2.75) is 55.9 Å². The van der Waals surface area contributed by atoms with E-state index in [9.17, 15) is 38.4 Å². The van der Waals surface area contributed by atoms with Crippen LogP contribution in [0.4, 0.5) is 16.2 Å². The molecule has 0 radical (unpaired) electrons. The zero-order valence-corrected chi connectivity index (χ0v) is 31.9. The van der Waals surface area contributed by atoms with Crippen molar-refractivity contribution in [3.63, 3.8) is 0 Å². The molecule has 4 heterocycles. The predicted octanol–water partition coefficient (Wildman–Crippen LogP) is -0.754. The van der Waals surface area contributed by atoms with Crippen molar-refractivity contribution in [2.75, 3.05) is 68.7 Å². The number of hydrogen-bond donors (Lipinski definition) is 7. The monoisotopic (exact) mass is 798 g/mol. The molecule has 1 aromatic carbocycles. The molecule has 0 bridgehead atoms. The molecule has 55 heavy (non-hydrogen) atoms. The van der Waals surface area contributed by atoms with Gasteiger partial charge in [0.05, 0.1) is 31.7 Å². The van der Waals surface area contributed by atoms with Gasteiger partial charge in [-0.25, -0.2) is 4.79 Å². The van der Waals surface area contributed by atoms with Gasteiger partial charge in [-0.2, -0.15) is 11.8 Å². The Morgan fingerprint density at radius 2 is 1.29 bits per heavy atom. The summed E-state index contributed by atoms with van der Waals surface area (Å²) in [4.78, 5) is 101. The van der Waals surface area contributed by atoms with Gasteiger partial charge in [-0.1, -0.05) is 6.42 Å². The minimum atomic E-state index is -0.441. The van der Waals surface area contributed by atoms with E-state index in [1.807, 2.05) is 11.8 Å². The van der Waals surface area contributed by atoms with E-state index in [1.54, 1.807) is 34.1 Å². The Bertz CT molecular complexity index is 1670. The van der Waals surface area contributed by atoms with E-state index in [4.69, 9.17) is 12.2 Å². The fourth-order valence-corrected chi connectivity index (χ4v) is 8.18. The lowest BCUT2D eigenvalue weighted by Crippen LogP contribution is -2.54. The fraction of sp³-hybridized carbons (Fsp3) is 0.514. The van der Waals surface area contributed by atoms with Gasteiger partial charge in [-0.05, 0) is 55.7 Å². The van der Waals surface area contributed by atoms with Crippen molar-refractivity contribution in [3.8, 4) is 0 Å². The molecule has 296 valence electrons. The van der Waals surface area contributed by atoms with E-state index in [0.29, 0.717) is 23.0 Å². The second-order valence-corrected chi connectivity index (χ2v) is 15.1. The predicted molar refractivity (Wildman–Crippen MR) is 208 cm³/mol. The summed E-state index contributed by atoms with van der Waals surface area (Å²) in [5.74, 6) is -1.39. The Hall–Kier alpha value is -5.24. The van der Waals surface area contributed by atoms with Crippen LogP contribution in [-0.4, -0.2) is 143 Å². The first kappa shape index (κ1) is 40.9. The molecule has 3 fully saturated rings. The summed E-state index contributed by atoms with van der Waals surface area (Å²) in [6, 6.07) is 7.24. The number of anilines is 2. The first-order valence-electron chi connectivity index (χ1n) is 18.2. The Balaban J connectivity index is 0.875. The normalized spacial score (nSPS) is 20.0. The number of benzene rings is 1. The number of thioether (sulfide) groups is 1. The summed E-state index contributed by atoms with van der Waals surface area (Å²) in [6.07, 6.45) is 5.69. The highest BCUT2D eigenvalue weighted by molar-refractivity contribution is 8.00. The number of nitrogens with zero attached hydrogens (tertiary/aromatic N) is 3. The van der Waals surface area contributed by atoms with Crippen molar-refractivity contribution >= 4 is 87.8 Å². The number of imide groups is 1. The van der Waals surface area contributed by atoms with E-state index >= 15 is 0 Å². The number of amides is 9. The van der Waals surface area contributed by atoms with Gasteiger partial charge < -0.3 is 47.0 Å². The first-order chi connectivity index (χ1) is 26.4. The number of hydrogen-bond acceptors (Lipinski definition) is 10. The van der Waals surface area contributed by atoms with Crippen LogP contribution in [0.2, 0.25) is 0 Å². The summed E-state index contributed by atoms with van der Waals surface area (Å²) < 4.78 is 0. The Morgan fingerprint density at radius 1 is 0.709 bits per heavy atom. The molecule has 4 aliphatic heterocycles. The number of thiocarbonyl (C=S) groups is 1. The lowest BCUT2D eigenvalue weighted by molar-refractivity contribution is -0.139. The standard InChI is InChI=1S/C35H46N10O8S2/c46-26(6-3-13-45-29(49)11-12-30(45)50)36-19-31(51)43-14-16-44(17-15-43)32(52)20-37-28(48)18-38-35(54)40-23-9-7-22(8-10-23)39-27(47)5-2-1-4-25-33-24(21-55-25)41-34(53)42-33/h7-12,24-25,33H,1-6,13-21H2,(H,36,46)(H,37,48)(H,39,47)(H2,38,40,54)(H2,41,42,53)/t24-,25-,33-/m0/s1. The van der Waals surface area contributed by atoms with E-state index in [2.05, 4.69) is 37.2 Å². The highest BCUT2D eigenvalue weighted by Gasteiger charge is 2.42. The lowest BCUT2D eigenvalue weighted by Gasteiger charge is -2.34. The van der Waals surface area contributed by atoms with Crippen molar-refractivity contribution < 1.29 is 38.4 Å². The molecule has 0 unspecified atom stereocenters. The van der Waals surface area contributed by atoms with Crippen LogP contribution in [0.25, 0.3) is 0 Å². The third-order valence-electron chi connectivity index (χ3n) is 9.46. The number of rotatable bonds is 17. The van der Waals surface area contributed by atoms with Gasteiger partial charge in [0.1, 0.15) is 0 Å². The topological polar surface area (TPSA) is 230 Å². The van der Waals surface area contributed by atoms with E-state index < -0.39 is 17.7 Å². The van der Waals surface area contributed by atoms with Gasteiger partial charge in [-0.15, -0.1) is 0 Å². The number of urea groups is 1. The molecular weight excluding hydrogens is 753 g/mol. The molecule has 4 aliphatic rings. The average Bonchev–Trinajstić information content (AvgIpc) is 3.84. The van der Waals surface area contributed by atoms with Crippen molar-refractivity contribution in [2.24, 2.45) is 0 Å². The number of piperazine rings is 1. The third kappa shape index (κ3) is 12.4. The molecule has 3 saturated heterocycles. The molecule has 5 rings (SSSR count). The third-order valence-corrected chi connectivity index (χ3v) is 11.2. The number of fused-ring (bicyclic) bond motifs is 1. The number of carbonyl (C=O) groups excluding carboxylic acids is 8. The molecule has 0 aromatic heterocycles. The summed E-state index contributed by atoms with van der Waals surface area (Å²) in [7, 11) is 0. The highest BCUT2D eigenvalue weighted by Crippen LogP contribution is 2.33. The van der Waals surface area contributed by atoms with Crippen molar-refractivity contribution in [3.05, 3.63) is 36.4 Å². The number of nitrogens with one attached hydrogen (secondary N) is 7. The Kier molecular flexibility index (Phi) is 14.8. The maximum Gasteiger partial charge on any atom is 0.315 e. The molecule has 9 amide bonds. The van der Waals surface area contributed by atoms with E-state index in [1.165, 1.54) is 12.2 Å². The summed E-state index contributed by atoms with van der Waals surface area (Å²) in [5, 5.41) is 20.3. The lowest BCUT2D eigenvalue weighted by atomic mass is 10.0. The molecule has 7 N–H and O–H groups in total.